The summed E-state index contributed by atoms with van der Waals surface area (Å²) >= 11 is 6.26. The molecule has 2 amide bonds. The summed E-state index contributed by atoms with van der Waals surface area (Å²) in [5.74, 6) is -1.45. The first kappa shape index (κ1) is 24.0. The molecule has 2 aliphatic heterocycles. The lowest BCUT2D eigenvalue weighted by Crippen LogP contribution is -2.46. The highest BCUT2D eigenvalue weighted by Gasteiger charge is 2.29. The van der Waals surface area contributed by atoms with E-state index in [0.717, 1.165) is 43.0 Å². The van der Waals surface area contributed by atoms with E-state index in [1.807, 2.05) is 24.3 Å². The van der Waals surface area contributed by atoms with Crippen molar-refractivity contribution in [3.8, 4) is 0 Å². The van der Waals surface area contributed by atoms with E-state index in [1.165, 1.54) is 4.90 Å². The van der Waals surface area contributed by atoms with Crippen molar-refractivity contribution < 1.29 is 19.5 Å². The van der Waals surface area contributed by atoms with Gasteiger partial charge in [-0.1, -0.05) is 35.9 Å². The molecule has 0 atom stereocenters. The molecule has 1 fully saturated rings. The Bertz CT molecular complexity index is 1070. The lowest BCUT2D eigenvalue weighted by Gasteiger charge is -2.33. The molecular formula is C25H29ClN4O4. The van der Waals surface area contributed by atoms with Gasteiger partial charge in [-0.15, -0.1) is 0 Å². The van der Waals surface area contributed by atoms with E-state index < -0.39 is 5.97 Å². The molecule has 0 unspecified atom stereocenters. The topological polar surface area (TPSA) is 93.2 Å². The SMILES string of the molecule is O=C(O)CCN(Cc1ccccc1Cl)C(=O)CN1CCc2ccc(N3CCNCC3)cc2C1=O. The third kappa shape index (κ3) is 5.69. The van der Waals surface area contributed by atoms with Crippen molar-refractivity contribution in [2.24, 2.45) is 0 Å². The second kappa shape index (κ2) is 10.9. The van der Waals surface area contributed by atoms with Crippen molar-refractivity contribution in [1.82, 2.24) is 15.1 Å². The zero-order chi connectivity index (χ0) is 24.1. The number of hydrogen-bond acceptors (Lipinski definition) is 5. The molecule has 180 valence electrons. The Morgan fingerprint density at radius 2 is 1.85 bits per heavy atom. The average Bonchev–Trinajstić information content (AvgIpc) is 2.85. The number of nitrogens with zero attached hydrogens (tertiary/aromatic N) is 3. The van der Waals surface area contributed by atoms with Crippen LogP contribution < -0.4 is 10.2 Å². The van der Waals surface area contributed by atoms with Gasteiger partial charge in [0.2, 0.25) is 5.91 Å². The summed E-state index contributed by atoms with van der Waals surface area (Å²) in [6, 6.07) is 13.2. The molecule has 0 aliphatic carbocycles. The molecule has 8 nitrogen and oxygen atoms in total. The van der Waals surface area contributed by atoms with E-state index in [1.54, 1.807) is 17.0 Å². The van der Waals surface area contributed by atoms with Crippen molar-refractivity contribution in [1.29, 1.82) is 0 Å². The minimum absolute atomic E-state index is 0.0468. The predicted octanol–water partition coefficient (Wildman–Crippen LogP) is 2.25. The van der Waals surface area contributed by atoms with Gasteiger partial charge in [0.05, 0.1) is 6.42 Å². The van der Waals surface area contributed by atoms with E-state index >= 15 is 0 Å². The lowest BCUT2D eigenvalue weighted by atomic mass is 9.97. The molecule has 4 rings (SSSR count). The fourth-order valence-corrected chi connectivity index (χ4v) is 4.59. The molecule has 2 aromatic rings. The number of carbonyl (C=O) groups is 3. The van der Waals surface area contributed by atoms with Crippen LogP contribution in [0.1, 0.15) is 27.9 Å². The van der Waals surface area contributed by atoms with Gasteiger partial charge < -0.3 is 25.1 Å². The number of carboxylic acids is 1. The van der Waals surface area contributed by atoms with Gasteiger partial charge in [-0.3, -0.25) is 14.4 Å². The number of amides is 2. The fourth-order valence-electron chi connectivity index (χ4n) is 4.40. The summed E-state index contributed by atoms with van der Waals surface area (Å²) in [4.78, 5) is 42.9. The van der Waals surface area contributed by atoms with Gasteiger partial charge in [0.25, 0.3) is 5.91 Å². The first-order chi connectivity index (χ1) is 16.4. The largest absolute Gasteiger partial charge is 0.481 e. The molecule has 0 aromatic heterocycles. The van der Waals surface area contributed by atoms with Crippen molar-refractivity contribution in [3.05, 3.63) is 64.2 Å². The van der Waals surface area contributed by atoms with Crippen molar-refractivity contribution in [2.75, 3.05) is 50.7 Å². The minimum atomic E-state index is -0.986. The minimum Gasteiger partial charge on any atom is -0.481 e. The van der Waals surface area contributed by atoms with Crippen molar-refractivity contribution in [3.63, 3.8) is 0 Å². The number of carboxylic acid groups (broad SMARTS) is 1. The van der Waals surface area contributed by atoms with E-state index in [-0.39, 0.29) is 37.9 Å². The summed E-state index contributed by atoms with van der Waals surface area (Å²) < 4.78 is 0. The number of benzene rings is 2. The van der Waals surface area contributed by atoms with Gasteiger partial charge in [-0.2, -0.15) is 0 Å². The van der Waals surface area contributed by atoms with Crippen LogP contribution in [0.3, 0.4) is 0 Å². The number of carbonyl (C=O) groups excluding carboxylic acids is 2. The number of aliphatic carboxylic acids is 1. The van der Waals surface area contributed by atoms with E-state index in [9.17, 15) is 14.4 Å². The van der Waals surface area contributed by atoms with Crippen molar-refractivity contribution in [2.45, 2.75) is 19.4 Å². The molecular weight excluding hydrogens is 456 g/mol. The highest BCUT2D eigenvalue weighted by molar-refractivity contribution is 6.31. The first-order valence-electron chi connectivity index (χ1n) is 11.5. The second-order valence-corrected chi connectivity index (χ2v) is 9.01. The normalized spacial score (nSPS) is 15.7. The molecule has 1 saturated heterocycles. The molecule has 2 heterocycles. The maximum absolute atomic E-state index is 13.3. The molecule has 0 radical (unpaired) electrons. The Morgan fingerprint density at radius 1 is 1.09 bits per heavy atom. The molecule has 2 aromatic carbocycles. The van der Waals surface area contributed by atoms with Gasteiger partial charge in [-0.05, 0) is 35.7 Å². The first-order valence-corrected chi connectivity index (χ1v) is 11.9. The molecule has 2 aliphatic rings. The van der Waals surface area contributed by atoms with Crippen LogP contribution >= 0.6 is 11.6 Å². The summed E-state index contributed by atoms with van der Waals surface area (Å²) in [5, 5.41) is 13.0. The molecule has 34 heavy (non-hydrogen) atoms. The van der Waals surface area contributed by atoms with Crippen molar-refractivity contribution >= 4 is 35.1 Å². The van der Waals surface area contributed by atoms with Gasteiger partial charge >= 0.3 is 5.97 Å². The highest BCUT2D eigenvalue weighted by Crippen LogP contribution is 2.25. The molecule has 9 heteroatoms. The van der Waals surface area contributed by atoms with Gasteiger partial charge in [0.15, 0.2) is 0 Å². The van der Waals surface area contributed by atoms with Crippen LogP contribution in [-0.4, -0.2) is 78.5 Å². The molecule has 0 bridgehead atoms. The van der Waals surface area contributed by atoms with Crippen LogP contribution in [0.4, 0.5) is 5.69 Å². The predicted molar refractivity (Wildman–Crippen MR) is 130 cm³/mol. The number of hydrogen-bond donors (Lipinski definition) is 2. The smallest absolute Gasteiger partial charge is 0.305 e. The molecule has 0 saturated carbocycles. The Hall–Kier alpha value is -3.10. The number of nitrogens with one attached hydrogen (secondary N) is 1. The zero-order valence-corrected chi connectivity index (χ0v) is 19.8. The van der Waals surface area contributed by atoms with Crippen LogP contribution in [0, 0.1) is 0 Å². The summed E-state index contributed by atoms with van der Waals surface area (Å²) in [7, 11) is 0. The monoisotopic (exact) mass is 484 g/mol. The van der Waals surface area contributed by atoms with E-state index in [4.69, 9.17) is 16.7 Å². The summed E-state index contributed by atoms with van der Waals surface area (Å²) in [6.07, 6.45) is 0.497. The van der Waals surface area contributed by atoms with Gasteiger partial charge in [0.1, 0.15) is 6.54 Å². The third-order valence-electron chi connectivity index (χ3n) is 6.34. The van der Waals surface area contributed by atoms with Crippen LogP contribution in [0.5, 0.6) is 0 Å². The number of piperazine rings is 1. The Kier molecular flexibility index (Phi) is 7.70. The van der Waals surface area contributed by atoms with E-state index in [0.29, 0.717) is 23.6 Å². The Morgan fingerprint density at radius 3 is 2.59 bits per heavy atom. The van der Waals surface area contributed by atoms with Gasteiger partial charge in [-0.25, -0.2) is 0 Å². The standard InChI is InChI=1S/C25H29ClN4O4/c26-22-4-2-1-3-19(22)16-29(12-8-24(32)33)23(31)17-30-11-7-18-5-6-20(15-21(18)25(30)34)28-13-9-27-10-14-28/h1-6,15,27H,7-14,16-17H2,(H,32,33). The van der Waals surface area contributed by atoms with Crippen LogP contribution in [0.15, 0.2) is 42.5 Å². The molecule has 0 spiro atoms. The van der Waals surface area contributed by atoms with Crippen LogP contribution in [-0.2, 0) is 22.6 Å². The lowest BCUT2D eigenvalue weighted by molar-refractivity contribution is -0.139. The third-order valence-corrected chi connectivity index (χ3v) is 6.71. The summed E-state index contributed by atoms with van der Waals surface area (Å²) in [6.45, 7) is 4.17. The van der Waals surface area contributed by atoms with E-state index in [2.05, 4.69) is 16.3 Å². The van der Waals surface area contributed by atoms with Gasteiger partial charge in [0, 0.05) is 62.1 Å². The Labute approximate surface area is 204 Å². The number of fused-ring (bicyclic) bond motifs is 1. The maximum atomic E-state index is 13.3. The molecule has 2 N–H and O–H groups in total. The van der Waals surface area contributed by atoms with Crippen LogP contribution in [0.2, 0.25) is 5.02 Å². The second-order valence-electron chi connectivity index (χ2n) is 8.61. The average molecular weight is 485 g/mol. The summed E-state index contributed by atoms with van der Waals surface area (Å²) in [5.41, 5.74) is 3.38. The Balaban J connectivity index is 1.48. The fraction of sp³-hybridized carbons (Fsp3) is 0.400. The number of anilines is 1. The number of rotatable bonds is 8. The number of halogens is 1. The highest BCUT2D eigenvalue weighted by atomic mass is 35.5. The van der Waals surface area contributed by atoms with Crippen LogP contribution in [0.25, 0.3) is 0 Å². The quantitative estimate of drug-likeness (QED) is 0.597. The zero-order valence-electron chi connectivity index (χ0n) is 19.0. The maximum Gasteiger partial charge on any atom is 0.305 e.